The molecule has 1 aromatic heterocycles. The van der Waals surface area contributed by atoms with Crippen LogP contribution in [0.5, 0.6) is 0 Å². The summed E-state index contributed by atoms with van der Waals surface area (Å²) in [6, 6.07) is 9.61. The summed E-state index contributed by atoms with van der Waals surface area (Å²) in [5, 5.41) is 8.14. The number of halogens is 1. The third-order valence-electron chi connectivity index (χ3n) is 2.05. The molecule has 2 rings (SSSR count). The molecule has 0 atom stereocenters. The highest BCUT2D eigenvalue weighted by Gasteiger charge is 1.93. The van der Waals surface area contributed by atoms with Crippen molar-refractivity contribution in [1.82, 2.24) is 9.78 Å². The Labute approximate surface area is 93.7 Å². The van der Waals surface area contributed by atoms with Crippen molar-refractivity contribution in [2.75, 3.05) is 11.9 Å². The molecule has 1 heterocycles. The Hall–Kier alpha value is -1.48. The minimum Gasteiger partial charge on any atom is -0.383 e. The van der Waals surface area contributed by atoms with Crippen molar-refractivity contribution in [3.8, 4) is 0 Å². The van der Waals surface area contributed by atoms with E-state index in [4.69, 9.17) is 11.6 Å². The molecule has 1 aromatic carbocycles. The topological polar surface area (TPSA) is 29.9 Å². The van der Waals surface area contributed by atoms with Crippen LogP contribution in [0.2, 0.25) is 5.02 Å². The van der Waals surface area contributed by atoms with Crippen LogP contribution in [0.25, 0.3) is 0 Å². The van der Waals surface area contributed by atoms with Gasteiger partial charge >= 0.3 is 0 Å². The number of hydrogen-bond donors (Lipinski definition) is 1. The summed E-state index contributed by atoms with van der Waals surface area (Å²) in [5.41, 5.74) is 1.04. The van der Waals surface area contributed by atoms with Gasteiger partial charge in [-0.3, -0.25) is 4.68 Å². The lowest BCUT2D eigenvalue weighted by Crippen LogP contribution is -2.10. The fourth-order valence-electron chi connectivity index (χ4n) is 1.35. The molecular weight excluding hydrogens is 210 g/mol. The summed E-state index contributed by atoms with van der Waals surface area (Å²) in [6.07, 6.45) is 3.72. The molecule has 3 nitrogen and oxygen atoms in total. The molecule has 0 aliphatic rings. The Bertz CT molecular complexity index is 412. The fraction of sp³-hybridized carbons (Fsp3) is 0.182. The highest BCUT2D eigenvalue weighted by Crippen LogP contribution is 2.14. The second-order valence-electron chi connectivity index (χ2n) is 3.21. The first-order chi connectivity index (χ1) is 7.34. The predicted octanol–water partition coefficient (Wildman–Crippen LogP) is 2.65. The molecule has 4 heteroatoms. The van der Waals surface area contributed by atoms with E-state index in [0.29, 0.717) is 0 Å². The maximum Gasteiger partial charge on any atom is 0.0582 e. The molecule has 0 bridgehead atoms. The van der Waals surface area contributed by atoms with E-state index in [1.807, 2.05) is 41.2 Å². The molecule has 0 spiro atoms. The molecule has 15 heavy (non-hydrogen) atoms. The number of benzene rings is 1. The van der Waals surface area contributed by atoms with Crippen LogP contribution in [0.3, 0.4) is 0 Å². The predicted molar refractivity (Wildman–Crippen MR) is 62.2 cm³/mol. The second-order valence-corrected chi connectivity index (χ2v) is 3.64. The van der Waals surface area contributed by atoms with E-state index in [0.717, 1.165) is 23.8 Å². The van der Waals surface area contributed by atoms with E-state index in [2.05, 4.69) is 10.4 Å². The summed E-state index contributed by atoms with van der Waals surface area (Å²) in [6.45, 7) is 1.68. The number of rotatable bonds is 4. The summed E-state index contributed by atoms with van der Waals surface area (Å²) in [4.78, 5) is 0. The van der Waals surface area contributed by atoms with Gasteiger partial charge in [0.15, 0.2) is 0 Å². The Morgan fingerprint density at radius 2 is 2.27 bits per heavy atom. The minimum atomic E-state index is 0.749. The SMILES string of the molecule is Clc1cccc(NCCn2cccn2)c1. The largest absolute Gasteiger partial charge is 0.383 e. The van der Waals surface area contributed by atoms with E-state index in [1.54, 1.807) is 6.20 Å². The van der Waals surface area contributed by atoms with Crippen molar-refractivity contribution in [1.29, 1.82) is 0 Å². The number of hydrogen-bond acceptors (Lipinski definition) is 2. The van der Waals surface area contributed by atoms with Crippen molar-refractivity contribution >= 4 is 17.3 Å². The molecule has 1 N–H and O–H groups in total. The van der Waals surface area contributed by atoms with Crippen LogP contribution in [0.4, 0.5) is 5.69 Å². The van der Waals surface area contributed by atoms with Crippen LogP contribution in [0.1, 0.15) is 0 Å². The molecule has 78 valence electrons. The Morgan fingerprint density at radius 3 is 3.00 bits per heavy atom. The number of aromatic nitrogens is 2. The smallest absolute Gasteiger partial charge is 0.0582 e. The van der Waals surface area contributed by atoms with Crippen molar-refractivity contribution in [2.24, 2.45) is 0 Å². The molecule has 0 amide bonds. The number of anilines is 1. The zero-order chi connectivity index (χ0) is 10.5. The van der Waals surface area contributed by atoms with E-state index < -0.39 is 0 Å². The molecule has 0 saturated carbocycles. The first-order valence-corrected chi connectivity index (χ1v) is 5.19. The fourth-order valence-corrected chi connectivity index (χ4v) is 1.54. The van der Waals surface area contributed by atoms with Crippen molar-refractivity contribution < 1.29 is 0 Å². The maximum absolute atomic E-state index is 5.87. The van der Waals surface area contributed by atoms with Gasteiger partial charge in [0.05, 0.1) is 6.54 Å². The highest BCUT2D eigenvalue weighted by molar-refractivity contribution is 6.30. The van der Waals surface area contributed by atoms with Gasteiger partial charge in [0.2, 0.25) is 0 Å². The zero-order valence-corrected chi connectivity index (χ0v) is 8.98. The van der Waals surface area contributed by atoms with Gasteiger partial charge < -0.3 is 5.32 Å². The third-order valence-corrected chi connectivity index (χ3v) is 2.29. The van der Waals surface area contributed by atoms with Gasteiger partial charge in [-0.2, -0.15) is 5.10 Å². The van der Waals surface area contributed by atoms with Gasteiger partial charge in [0.25, 0.3) is 0 Å². The Kier molecular flexibility index (Phi) is 3.25. The molecule has 0 aliphatic heterocycles. The van der Waals surface area contributed by atoms with Crippen molar-refractivity contribution in [2.45, 2.75) is 6.54 Å². The van der Waals surface area contributed by atoms with Crippen molar-refractivity contribution in [3.05, 3.63) is 47.7 Å². The van der Waals surface area contributed by atoms with Crippen LogP contribution in [-0.2, 0) is 6.54 Å². The second kappa shape index (κ2) is 4.84. The summed E-state index contributed by atoms with van der Waals surface area (Å²) >= 11 is 5.87. The maximum atomic E-state index is 5.87. The summed E-state index contributed by atoms with van der Waals surface area (Å²) in [5.74, 6) is 0. The van der Waals surface area contributed by atoms with E-state index in [9.17, 15) is 0 Å². The molecule has 0 radical (unpaired) electrons. The molecule has 0 fully saturated rings. The van der Waals surface area contributed by atoms with Crippen LogP contribution >= 0.6 is 11.6 Å². The van der Waals surface area contributed by atoms with Gasteiger partial charge in [-0.05, 0) is 24.3 Å². The lowest BCUT2D eigenvalue weighted by molar-refractivity contribution is 0.638. The summed E-state index contributed by atoms with van der Waals surface area (Å²) < 4.78 is 1.89. The zero-order valence-electron chi connectivity index (χ0n) is 8.23. The lowest BCUT2D eigenvalue weighted by atomic mass is 10.3. The third kappa shape index (κ3) is 2.99. The number of nitrogens with one attached hydrogen (secondary N) is 1. The number of nitrogens with zero attached hydrogens (tertiary/aromatic N) is 2. The van der Waals surface area contributed by atoms with Gasteiger partial charge in [-0.15, -0.1) is 0 Å². The van der Waals surface area contributed by atoms with Crippen LogP contribution < -0.4 is 5.32 Å². The van der Waals surface area contributed by atoms with Gasteiger partial charge in [-0.1, -0.05) is 17.7 Å². The van der Waals surface area contributed by atoms with E-state index >= 15 is 0 Å². The van der Waals surface area contributed by atoms with Gasteiger partial charge in [-0.25, -0.2) is 0 Å². The van der Waals surface area contributed by atoms with Crippen LogP contribution in [-0.4, -0.2) is 16.3 Å². The lowest BCUT2D eigenvalue weighted by Gasteiger charge is -2.06. The monoisotopic (exact) mass is 221 g/mol. The Balaban J connectivity index is 1.83. The molecule has 0 unspecified atom stereocenters. The van der Waals surface area contributed by atoms with E-state index in [1.165, 1.54) is 0 Å². The van der Waals surface area contributed by atoms with Gasteiger partial charge in [0, 0.05) is 29.6 Å². The van der Waals surface area contributed by atoms with Gasteiger partial charge in [0.1, 0.15) is 0 Å². The first kappa shape index (κ1) is 10.1. The molecular formula is C11H12ClN3. The van der Waals surface area contributed by atoms with E-state index in [-0.39, 0.29) is 0 Å². The van der Waals surface area contributed by atoms with Crippen molar-refractivity contribution in [3.63, 3.8) is 0 Å². The first-order valence-electron chi connectivity index (χ1n) is 4.81. The average molecular weight is 222 g/mol. The average Bonchev–Trinajstić information content (AvgIpc) is 2.71. The Morgan fingerprint density at radius 1 is 1.33 bits per heavy atom. The quantitative estimate of drug-likeness (QED) is 0.860. The molecule has 0 saturated heterocycles. The minimum absolute atomic E-state index is 0.749. The molecule has 0 aliphatic carbocycles. The summed E-state index contributed by atoms with van der Waals surface area (Å²) in [7, 11) is 0. The van der Waals surface area contributed by atoms with Crippen LogP contribution in [0.15, 0.2) is 42.7 Å². The molecule has 2 aromatic rings. The van der Waals surface area contributed by atoms with Crippen LogP contribution in [0, 0.1) is 0 Å². The standard InChI is InChI=1S/C11H12ClN3/c12-10-3-1-4-11(9-10)13-6-8-15-7-2-5-14-15/h1-5,7,9,13H,6,8H2. The normalized spacial score (nSPS) is 10.2. The highest BCUT2D eigenvalue weighted by atomic mass is 35.5.